The van der Waals surface area contributed by atoms with Crippen molar-refractivity contribution in [2.24, 2.45) is 0 Å². The van der Waals surface area contributed by atoms with Crippen LogP contribution in [0.3, 0.4) is 0 Å². The van der Waals surface area contributed by atoms with Crippen molar-refractivity contribution in [2.75, 3.05) is 7.05 Å². The van der Waals surface area contributed by atoms with Gasteiger partial charge in [-0.2, -0.15) is 0 Å². The van der Waals surface area contributed by atoms with Gasteiger partial charge in [-0.1, -0.05) is 12.1 Å². The van der Waals surface area contributed by atoms with E-state index < -0.39 is 0 Å². The van der Waals surface area contributed by atoms with E-state index in [0.29, 0.717) is 12.0 Å². The number of aryl methyl sites for hydroxylation is 1. The van der Waals surface area contributed by atoms with E-state index in [0.717, 1.165) is 5.56 Å². The maximum Gasteiger partial charge on any atom is 0.126 e. The molecule has 0 saturated carbocycles. The first-order valence-electron chi connectivity index (χ1n) is 4.55. The van der Waals surface area contributed by atoms with E-state index in [1.165, 1.54) is 6.07 Å². The summed E-state index contributed by atoms with van der Waals surface area (Å²) in [6.45, 7) is 1.74. The van der Waals surface area contributed by atoms with E-state index in [9.17, 15) is 4.39 Å². The average Bonchev–Trinajstić information content (AvgIpc) is 2.19. The number of rotatable bonds is 3. The summed E-state index contributed by atoms with van der Waals surface area (Å²) in [6, 6.07) is 5.24. The number of nitrogens with one attached hydrogen (secondary N) is 1. The lowest BCUT2D eigenvalue weighted by Crippen LogP contribution is -2.15. The molecule has 0 spiro atoms. The summed E-state index contributed by atoms with van der Waals surface area (Å²) < 4.78 is 13.2. The summed E-state index contributed by atoms with van der Waals surface area (Å²) in [7, 11) is 1.82. The summed E-state index contributed by atoms with van der Waals surface area (Å²) in [4.78, 5) is 0. The molecule has 2 heteroatoms. The molecule has 1 nitrogen and oxygen atoms in total. The first-order valence-corrected chi connectivity index (χ1v) is 4.55. The van der Waals surface area contributed by atoms with Crippen LogP contribution < -0.4 is 5.32 Å². The van der Waals surface area contributed by atoms with Crippen molar-refractivity contribution in [2.45, 2.75) is 19.4 Å². The van der Waals surface area contributed by atoms with Crippen LogP contribution in [0.15, 0.2) is 18.2 Å². The highest BCUT2D eigenvalue weighted by Gasteiger charge is 2.08. The third-order valence-electron chi connectivity index (χ3n) is 2.27. The molecule has 0 aliphatic rings. The third kappa shape index (κ3) is 2.34. The molecule has 0 bridgehead atoms. The number of terminal acetylenes is 1. The van der Waals surface area contributed by atoms with Crippen LogP contribution in [0, 0.1) is 25.1 Å². The van der Waals surface area contributed by atoms with Gasteiger partial charge in [-0.15, -0.1) is 12.3 Å². The summed E-state index contributed by atoms with van der Waals surface area (Å²) >= 11 is 0. The molecule has 1 N–H and O–H groups in total. The SMILES string of the molecule is C#CCC(NC)c1ccc(C)c(F)c1. The predicted octanol–water partition coefficient (Wildman–Crippen LogP) is 2.42. The summed E-state index contributed by atoms with van der Waals surface area (Å²) in [5, 5.41) is 3.06. The zero-order chi connectivity index (χ0) is 10.6. The minimum absolute atomic E-state index is 0.0371. The van der Waals surface area contributed by atoms with Gasteiger partial charge in [-0.05, 0) is 31.2 Å². The Labute approximate surface area is 84.3 Å². The predicted molar refractivity (Wildman–Crippen MR) is 56.4 cm³/mol. The lowest BCUT2D eigenvalue weighted by Gasteiger charge is -2.14. The lowest BCUT2D eigenvalue weighted by atomic mass is 10.0. The van der Waals surface area contributed by atoms with Crippen molar-refractivity contribution >= 4 is 0 Å². The molecule has 1 unspecified atom stereocenters. The molecule has 14 heavy (non-hydrogen) atoms. The van der Waals surface area contributed by atoms with E-state index in [4.69, 9.17) is 6.42 Å². The summed E-state index contributed by atoms with van der Waals surface area (Å²) in [5.74, 6) is 2.39. The number of hydrogen-bond acceptors (Lipinski definition) is 1. The van der Waals surface area contributed by atoms with Crippen molar-refractivity contribution < 1.29 is 4.39 Å². The van der Waals surface area contributed by atoms with Crippen LogP contribution in [0.25, 0.3) is 0 Å². The van der Waals surface area contributed by atoms with Gasteiger partial charge >= 0.3 is 0 Å². The van der Waals surface area contributed by atoms with Crippen molar-refractivity contribution in [3.05, 3.63) is 35.1 Å². The smallest absolute Gasteiger partial charge is 0.126 e. The molecule has 1 atom stereocenters. The van der Waals surface area contributed by atoms with Gasteiger partial charge in [0.1, 0.15) is 5.82 Å². The van der Waals surface area contributed by atoms with Gasteiger partial charge < -0.3 is 5.32 Å². The molecule has 0 saturated heterocycles. The Hall–Kier alpha value is -1.33. The molecule has 0 aliphatic heterocycles. The zero-order valence-corrected chi connectivity index (χ0v) is 8.47. The molecular formula is C12H14FN. The van der Waals surface area contributed by atoms with Crippen molar-refractivity contribution in [3.8, 4) is 12.3 Å². The first kappa shape index (κ1) is 10.7. The van der Waals surface area contributed by atoms with Gasteiger partial charge in [0, 0.05) is 12.5 Å². The van der Waals surface area contributed by atoms with Crippen LogP contribution >= 0.6 is 0 Å². The van der Waals surface area contributed by atoms with E-state index >= 15 is 0 Å². The second-order valence-electron chi connectivity index (χ2n) is 3.26. The van der Waals surface area contributed by atoms with Gasteiger partial charge in [0.2, 0.25) is 0 Å². The van der Waals surface area contributed by atoms with E-state index in [2.05, 4.69) is 11.2 Å². The second-order valence-corrected chi connectivity index (χ2v) is 3.26. The normalized spacial score (nSPS) is 12.1. The molecule has 0 aromatic heterocycles. The molecule has 0 amide bonds. The lowest BCUT2D eigenvalue weighted by molar-refractivity contribution is 0.586. The summed E-state index contributed by atoms with van der Waals surface area (Å²) in [5.41, 5.74) is 1.55. The first-order chi connectivity index (χ1) is 6.69. The fourth-order valence-electron chi connectivity index (χ4n) is 1.33. The van der Waals surface area contributed by atoms with Gasteiger partial charge in [0.05, 0.1) is 0 Å². The zero-order valence-electron chi connectivity index (χ0n) is 8.47. The van der Waals surface area contributed by atoms with Crippen LogP contribution in [-0.2, 0) is 0 Å². The molecule has 1 rings (SSSR count). The second kappa shape index (κ2) is 4.78. The van der Waals surface area contributed by atoms with Crippen LogP contribution in [0.2, 0.25) is 0 Å². The molecule has 74 valence electrons. The summed E-state index contributed by atoms with van der Waals surface area (Å²) in [6.07, 6.45) is 5.79. The molecule has 0 aliphatic carbocycles. The number of benzene rings is 1. The molecule has 1 aromatic rings. The minimum Gasteiger partial charge on any atom is -0.312 e. The Morgan fingerprint density at radius 1 is 1.57 bits per heavy atom. The number of halogens is 1. The topological polar surface area (TPSA) is 12.0 Å². The van der Waals surface area contributed by atoms with Crippen LogP contribution in [-0.4, -0.2) is 7.05 Å². The maximum atomic E-state index is 13.2. The Morgan fingerprint density at radius 3 is 2.79 bits per heavy atom. The third-order valence-corrected chi connectivity index (χ3v) is 2.27. The van der Waals surface area contributed by atoms with E-state index in [-0.39, 0.29) is 11.9 Å². The largest absolute Gasteiger partial charge is 0.312 e. The average molecular weight is 191 g/mol. The van der Waals surface area contributed by atoms with Crippen molar-refractivity contribution in [3.63, 3.8) is 0 Å². The van der Waals surface area contributed by atoms with Gasteiger partial charge in [-0.25, -0.2) is 4.39 Å². The van der Waals surface area contributed by atoms with Gasteiger partial charge in [-0.3, -0.25) is 0 Å². The van der Waals surface area contributed by atoms with Crippen molar-refractivity contribution in [1.29, 1.82) is 0 Å². The molecule has 0 radical (unpaired) electrons. The standard InChI is InChI=1S/C12H14FN/c1-4-5-12(14-3)10-7-6-9(2)11(13)8-10/h1,6-8,12,14H,5H2,2-3H3. The molecule has 0 fully saturated rings. The highest BCUT2D eigenvalue weighted by molar-refractivity contribution is 5.26. The molecular weight excluding hydrogens is 177 g/mol. The Kier molecular flexibility index (Phi) is 3.67. The quantitative estimate of drug-likeness (QED) is 0.723. The minimum atomic E-state index is -0.181. The Bertz CT molecular complexity index is 352. The van der Waals surface area contributed by atoms with E-state index in [1.807, 2.05) is 13.1 Å². The fraction of sp³-hybridized carbons (Fsp3) is 0.333. The maximum absolute atomic E-state index is 13.2. The van der Waals surface area contributed by atoms with Crippen LogP contribution in [0.4, 0.5) is 4.39 Å². The Morgan fingerprint density at radius 2 is 2.29 bits per heavy atom. The molecule has 1 aromatic carbocycles. The monoisotopic (exact) mass is 191 g/mol. The number of hydrogen-bond donors (Lipinski definition) is 1. The van der Waals surface area contributed by atoms with Crippen LogP contribution in [0.5, 0.6) is 0 Å². The Balaban J connectivity index is 2.95. The van der Waals surface area contributed by atoms with Crippen molar-refractivity contribution in [1.82, 2.24) is 5.32 Å². The van der Waals surface area contributed by atoms with Gasteiger partial charge in [0.15, 0.2) is 0 Å². The van der Waals surface area contributed by atoms with E-state index in [1.54, 1.807) is 13.0 Å². The molecule has 0 heterocycles. The highest BCUT2D eigenvalue weighted by Crippen LogP contribution is 2.18. The fourth-order valence-corrected chi connectivity index (χ4v) is 1.33. The van der Waals surface area contributed by atoms with Gasteiger partial charge in [0.25, 0.3) is 0 Å². The highest BCUT2D eigenvalue weighted by atomic mass is 19.1. The van der Waals surface area contributed by atoms with Crippen LogP contribution in [0.1, 0.15) is 23.6 Å².